The van der Waals surface area contributed by atoms with Gasteiger partial charge in [0.05, 0.1) is 11.1 Å². The molecule has 1 amide bonds. The van der Waals surface area contributed by atoms with Gasteiger partial charge in [0.15, 0.2) is 0 Å². The minimum absolute atomic E-state index is 0.0815. The lowest BCUT2D eigenvalue weighted by molar-refractivity contribution is -0.122. The Labute approximate surface area is 111 Å². The van der Waals surface area contributed by atoms with Gasteiger partial charge in [-0.2, -0.15) is 0 Å². The van der Waals surface area contributed by atoms with Crippen molar-refractivity contribution in [3.63, 3.8) is 0 Å². The molecule has 5 heteroatoms. The summed E-state index contributed by atoms with van der Waals surface area (Å²) in [5.74, 6) is -0.555. The van der Waals surface area contributed by atoms with Crippen LogP contribution in [0, 0.1) is 5.82 Å². The standard InChI is InChI=1S/C13H16ClFN2O/c1-3-6-16-13(18)9(2)17-8-10-4-5-12(15)11(14)7-10/h3-5,7,9,17H,1,6,8H2,2H3,(H,16,18). The quantitative estimate of drug-likeness (QED) is 0.779. The predicted octanol–water partition coefficient (Wildman–Crippen LogP) is 2.26. The van der Waals surface area contributed by atoms with Crippen LogP contribution in [0.3, 0.4) is 0 Å². The number of benzene rings is 1. The Morgan fingerprint density at radius 2 is 2.33 bits per heavy atom. The van der Waals surface area contributed by atoms with Gasteiger partial charge < -0.3 is 10.6 Å². The molecule has 0 bridgehead atoms. The molecule has 0 aromatic heterocycles. The molecule has 0 heterocycles. The van der Waals surface area contributed by atoms with E-state index in [1.807, 2.05) is 0 Å². The summed E-state index contributed by atoms with van der Waals surface area (Å²) in [5.41, 5.74) is 0.824. The lowest BCUT2D eigenvalue weighted by atomic mass is 10.2. The Hall–Kier alpha value is -1.39. The number of hydrogen-bond acceptors (Lipinski definition) is 2. The summed E-state index contributed by atoms with van der Waals surface area (Å²) in [6.45, 7) is 6.16. The van der Waals surface area contributed by atoms with Crippen molar-refractivity contribution in [2.24, 2.45) is 0 Å². The fourth-order valence-corrected chi connectivity index (χ4v) is 1.54. The smallest absolute Gasteiger partial charge is 0.237 e. The van der Waals surface area contributed by atoms with Crippen LogP contribution in [0.5, 0.6) is 0 Å². The van der Waals surface area contributed by atoms with Crippen molar-refractivity contribution in [2.75, 3.05) is 6.54 Å². The first-order chi connectivity index (χ1) is 8.54. The first-order valence-electron chi connectivity index (χ1n) is 5.60. The summed E-state index contributed by atoms with van der Waals surface area (Å²) in [6, 6.07) is 4.14. The Kier molecular flexibility index (Phi) is 5.82. The zero-order valence-corrected chi connectivity index (χ0v) is 10.9. The molecule has 1 aromatic carbocycles. The first-order valence-corrected chi connectivity index (χ1v) is 5.98. The monoisotopic (exact) mass is 270 g/mol. The van der Waals surface area contributed by atoms with Crippen LogP contribution in [0.4, 0.5) is 4.39 Å². The average molecular weight is 271 g/mol. The number of hydrogen-bond donors (Lipinski definition) is 2. The van der Waals surface area contributed by atoms with Crippen LogP contribution in [0.15, 0.2) is 30.9 Å². The fourth-order valence-electron chi connectivity index (χ4n) is 1.34. The van der Waals surface area contributed by atoms with Crippen LogP contribution < -0.4 is 10.6 Å². The van der Waals surface area contributed by atoms with Crippen LogP contribution >= 0.6 is 11.6 Å². The van der Waals surface area contributed by atoms with Gasteiger partial charge in [0.2, 0.25) is 5.91 Å². The van der Waals surface area contributed by atoms with Crippen LogP contribution in [0.1, 0.15) is 12.5 Å². The fraction of sp³-hybridized carbons (Fsp3) is 0.308. The molecule has 0 saturated heterocycles. The normalized spacial score (nSPS) is 11.9. The Bertz CT molecular complexity index is 437. The summed E-state index contributed by atoms with van der Waals surface area (Å²) in [4.78, 5) is 11.5. The Morgan fingerprint density at radius 1 is 1.61 bits per heavy atom. The molecule has 2 N–H and O–H groups in total. The van der Waals surface area contributed by atoms with E-state index in [4.69, 9.17) is 11.6 Å². The van der Waals surface area contributed by atoms with Crippen molar-refractivity contribution in [3.05, 3.63) is 47.3 Å². The van der Waals surface area contributed by atoms with Gasteiger partial charge in [-0.3, -0.25) is 4.79 Å². The second-order valence-electron chi connectivity index (χ2n) is 3.88. The van der Waals surface area contributed by atoms with Crippen LogP contribution in [-0.2, 0) is 11.3 Å². The molecular weight excluding hydrogens is 255 g/mol. The van der Waals surface area contributed by atoms with E-state index < -0.39 is 5.82 Å². The molecule has 0 radical (unpaired) electrons. The van der Waals surface area contributed by atoms with E-state index >= 15 is 0 Å². The number of halogens is 2. The van der Waals surface area contributed by atoms with E-state index in [-0.39, 0.29) is 17.0 Å². The number of amides is 1. The van der Waals surface area contributed by atoms with Gasteiger partial charge in [-0.15, -0.1) is 6.58 Å². The lowest BCUT2D eigenvalue weighted by Crippen LogP contribution is -2.41. The van der Waals surface area contributed by atoms with E-state index in [9.17, 15) is 9.18 Å². The largest absolute Gasteiger partial charge is 0.351 e. The number of nitrogens with one attached hydrogen (secondary N) is 2. The molecule has 3 nitrogen and oxygen atoms in total. The molecular formula is C13H16ClFN2O. The molecule has 1 rings (SSSR count). The maximum Gasteiger partial charge on any atom is 0.237 e. The highest BCUT2D eigenvalue weighted by Crippen LogP contribution is 2.15. The summed E-state index contributed by atoms with van der Waals surface area (Å²) in [7, 11) is 0. The van der Waals surface area contributed by atoms with Gasteiger partial charge in [-0.05, 0) is 24.6 Å². The maximum atomic E-state index is 12.9. The second-order valence-corrected chi connectivity index (χ2v) is 4.29. The van der Waals surface area contributed by atoms with Crippen molar-refractivity contribution in [3.8, 4) is 0 Å². The molecule has 0 spiro atoms. The van der Waals surface area contributed by atoms with Crippen molar-refractivity contribution in [1.82, 2.24) is 10.6 Å². The number of rotatable bonds is 6. The van der Waals surface area contributed by atoms with E-state index in [0.717, 1.165) is 5.56 Å². The third-order valence-corrected chi connectivity index (χ3v) is 2.70. The highest BCUT2D eigenvalue weighted by Gasteiger charge is 2.11. The van der Waals surface area contributed by atoms with Gasteiger partial charge in [-0.1, -0.05) is 23.7 Å². The predicted molar refractivity (Wildman–Crippen MR) is 70.9 cm³/mol. The Balaban J connectivity index is 2.46. The third kappa shape index (κ3) is 4.47. The van der Waals surface area contributed by atoms with Crippen molar-refractivity contribution < 1.29 is 9.18 Å². The lowest BCUT2D eigenvalue weighted by Gasteiger charge is -2.13. The molecule has 0 fully saturated rings. The molecule has 1 unspecified atom stereocenters. The zero-order valence-electron chi connectivity index (χ0n) is 10.2. The molecule has 0 saturated carbocycles. The van der Waals surface area contributed by atoms with E-state index in [1.54, 1.807) is 19.1 Å². The van der Waals surface area contributed by atoms with Crippen molar-refractivity contribution in [2.45, 2.75) is 19.5 Å². The van der Waals surface area contributed by atoms with Gasteiger partial charge in [0.1, 0.15) is 5.82 Å². The summed E-state index contributed by atoms with van der Waals surface area (Å²) in [6.07, 6.45) is 1.62. The van der Waals surface area contributed by atoms with Crippen molar-refractivity contribution in [1.29, 1.82) is 0 Å². The van der Waals surface area contributed by atoms with Gasteiger partial charge >= 0.3 is 0 Å². The summed E-state index contributed by atoms with van der Waals surface area (Å²) >= 11 is 5.67. The molecule has 18 heavy (non-hydrogen) atoms. The SMILES string of the molecule is C=CCNC(=O)C(C)NCc1ccc(F)c(Cl)c1. The Morgan fingerprint density at radius 3 is 2.94 bits per heavy atom. The molecule has 1 atom stereocenters. The van der Waals surface area contributed by atoms with E-state index in [0.29, 0.717) is 13.1 Å². The van der Waals surface area contributed by atoms with Gasteiger partial charge in [0, 0.05) is 13.1 Å². The molecule has 98 valence electrons. The highest BCUT2D eigenvalue weighted by atomic mass is 35.5. The van der Waals surface area contributed by atoms with Crippen LogP contribution in [0.25, 0.3) is 0 Å². The summed E-state index contributed by atoms with van der Waals surface area (Å²) < 4.78 is 12.9. The molecule has 0 aliphatic rings. The molecule has 0 aliphatic heterocycles. The van der Waals surface area contributed by atoms with E-state index in [1.165, 1.54) is 12.1 Å². The van der Waals surface area contributed by atoms with E-state index in [2.05, 4.69) is 17.2 Å². The van der Waals surface area contributed by atoms with Crippen molar-refractivity contribution >= 4 is 17.5 Å². The minimum Gasteiger partial charge on any atom is -0.351 e. The molecule has 0 aliphatic carbocycles. The van der Waals surface area contributed by atoms with Crippen LogP contribution in [0.2, 0.25) is 5.02 Å². The number of carbonyl (C=O) groups excluding carboxylic acids is 1. The zero-order chi connectivity index (χ0) is 13.5. The van der Waals surface area contributed by atoms with Crippen LogP contribution in [-0.4, -0.2) is 18.5 Å². The topological polar surface area (TPSA) is 41.1 Å². The molecule has 1 aromatic rings. The van der Waals surface area contributed by atoms with Gasteiger partial charge in [0.25, 0.3) is 0 Å². The highest BCUT2D eigenvalue weighted by molar-refractivity contribution is 6.30. The first kappa shape index (κ1) is 14.7. The summed E-state index contributed by atoms with van der Waals surface area (Å²) in [5, 5.41) is 5.79. The minimum atomic E-state index is -0.447. The third-order valence-electron chi connectivity index (χ3n) is 2.41. The maximum absolute atomic E-state index is 12.9. The second kappa shape index (κ2) is 7.13. The van der Waals surface area contributed by atoms with Gasteiger partial charge in [-0.25, -0.2) is 4.39 Å². The number of carbonyl (C=O) groups is 1. The average Bonchev–Trinajstić information content (AvgIpc) is 2.36.